The van der Waals surface area contributed by atoms with Gasteiger partial charge in [0.05, 0.1) is 0 Å². The lowest BCUT2D eigenvalue weighted by Crippen LogP contribution is -2.01. The molecule has 0 aromatic heterocycles. The summed E-state index contributed by atoms with van der Waals surface area (Å²) in [6.45, 7) is 2.25. The fourth-order valence-corrected chi connectivity index (χ4v) is 1.34. The fourth-order valence-electron chi connectivity index (χ4n) is 1.34. The van der Waals surface area contributed by atoms with Crippen molar-refractivity contribution in [3.8, 4) is 11.8 Å². The highest BCUT2D eigenvalue weighted by Crippen LogP contribution is 2.18. The van der Waals surface area contributed by atoms with E-state index in [1.807, 2.05) is 0 Å². The molecule has 9 heavy (non-hydrogen) atoms. The molecular formula is C9H14. The largest absolute Gasteiger partial charge is 0.103 e. The summed E-state index contributed by atoms with van der Waals surface area (Å²) in [5.74, 6) is 7.22. The molecule has 0 nitrogen and oxygen atoms in total. The van der Waals surface area contributed by atoms with E-state index in [1.165, 1.54) is 19.3 Å². The van der Waals surface area contributed by atoms with Crippen LogP contribution in [-0.4, -0.2) is 0 Å². The van der Waals surface area contributed by atoms with Gasteiger partial charge in [-0.25, -0.2) is 0 Å². The van der Waals surface area contributed by atoms with Crippen molar-refractivity contribution >= 4 is 0 Å². The molecule has 0 radical (unpaired) electrons. The van der Waals surface area contributed by atoms with Crippen LogP contribution in [0.15, 0.2) is 0 Å². The molecule has 0 aliphatic heterocycles. The van der Waals surface area contributed by atoms with E-state index in [-0.39, 0.29) is 0 Å². The lowest BCUT2D eigenvalue weighted by atomic mass is 9.92. The molecule has 1 aliphatic carbocycles. The van der Waals surface area contributed by atoms with Crippen LogP contribution in [0.3, 0.4) is 0 Å². The molecule has 0 fully saturated rings. The average Bonchev–Trinajstić information content (AvgIpc) is 1.91. The van der Waals surface area contributed by atoms with Gasteiger partial charge >= 0.3 is 0 Å². The first-order valence-corrected chi connectivity index (χ1v) is 3.89. The lowest BCUT2D eigenvalue weighted by molar-refractivity contribution is 0.454. The maximum Gasteiger partial charge on any atom is 0.0117 e. The Bertz CT molecular complexity index is 125. The van der Waals surface area contributed by atoms with Gasteiger partial charge < -0.3 is 0 Å². The van der Waals surface area contributed by atoms with Crippen molar-refractivity contribution < 1.29 is 0 Å². The van der Waals surface area contributed by atoms with E-state index >= 15 is 0 Å². The first-order valence-electron chi connectivity index (χ1n) is 3.89. The van der Waals surface area contributed by atoms with Gasteiger partial charge in [-0.15, -0.1) is 11.8 Å². The standard InChI is InChI=1S/C9H14/c1-2-6-9-7-4-3-5-8-9/h9H,2,4,6-8H2,1H3. The second-order valence-electron chi connectivity index (χ2n) is 2.75. The monoisotopic (exact) mass is 122 g/mol. The number of rotatable bonds is 2. The zero-order valence-electron chi connectivity index (χ0n) is 6.11. The molecule has 0 aromatic carbocycles. The van der Waals surface area contributed by atoms with Crippen molar-refractivity contribution in [2.45, 2.75) is 39.0 Å². The molecule has 0 bridgehead atoms. The third kappa shape index (κ3) is 2.10. The van der Waals surface area contributed by atoms with Crippen molar-refractivity contribution in [1.29, 1.82) is 0 Å². The number of hydrogen-bond acceptors (Lipinski definition) is 0. The lowest BCUT2D eigenvalue weighted by Gasteiger charge is -2.12. The van der Waals surface area contributed by atoms with Crippen LogP contribution in [0, 0.1) is 17.8 Å². The Morgan fingerprint density at radius 1 is 1.44 bits per heavy atom. The normalized spacial score (nSPS) is 24.8. The minimum Gasteiger partial charge on any atom is -0.103 e. The summed E-state index contributed by atoms with van der Waals surface area (Å²) in [5.41, 5.74) is 0. The highest BCUT2D eigenvalue weighted by molar-refractivity contribution is 5.04. The number of hydrogen-bond donors (Lipinski definition) is 0. The quantitative estimate of drug-likeness (QED) is 0.494. The van der Waals surface area contributed by atoms with Crippen LogP contribution in [0.2, 0.25) is 0 Å². The molecule has 0 aromatic rings. The van der Waals surface area contributed by atoms with Gasteiger partial charge in [-0.3, -0.25) is 0 Å². The molecule has 1 unspecified atom stereocenters. The third-order valence-electron chi connectivity index (χ3n) is 1.89. The highest BCUT2D eigenvalue weighted by atomic mass is 14.1. The van der Waals surface area contributed by atoms with Crippen LogP contribution >= 0.6 is 0 Å². The van der Waals surface area contributed by atoms with Gasteiger partial charge in [-0.05, 0) is 18.8 Å². The van der Waals surface area contributed by atoms with Crippen LogP contribution in [0.5, 0.6) is 0 Å². The second-order valence-corrected chi connectivity index (χ2v) is 2.75. The van der Waals surface area contributed by atoms with E-state index in [1.54, 1.807) is 0 Å². The van der Waals surface area contributed by atoms with Crippen molar-refractivity contribution in [1.82, 2.24) is 0 Å². The van der Waals surface area contributed by atoms with Crippen molar-refractivity contribution in [2.24, 2.45) is 5.92 Å². The molecular weight excluding hydrogens is 108 g/mol. The van der Waals surface area contributed by atoms with E-state index in [0.29, 0.717) is 0 Å². The predicted molar refractivity (Wildman–Crippen MR) is 40.0 cm³/mol. The summed E-state index contributed by atoms with van der Waals surface area (Å²) >= 11 is 0. The van der Waals surface area contributed by atoms with E-state index in [2.05, 4.69) is 18.8 Å². The zero-order chi connectivity index (χ0) is 6.53. The highest BCUT2D eigenvalue weighted by Gasteiger charge is 2.06. The smallest absolute Gasteiger partial charge is 0.0117 e. The average molecular weight is 122 g/mol. The minimum absolute atomic E-state index is 0.927. The molecule has 0 heteroatoms. The summed E-state index contributed by atoms with van der Waals surface area (Å²) < 4.78 is 0. The zero-order valence-corrected chi connectivity index (χ0v) is 6.11. The Morgan fingerprint density at radius 3 is 2.89 bits per heavy atom. The molecule has 0 N–H and O–H groups in total. The van der Waals surface area contributed by atoms with Gasteiger partial charge in [0, 0.05) is 12.8 Å². The van der Waals surface area contributed by atoms with E-state index in [4.69, 9.17) is 0 Å². The molecule has 1 atom stereocenters. The molecule has 0 amide bonds. The molecule has 0 saturated heterocycles. The Morgan fingerprint density at radius 2 is 2.33 bits per heavy atom. The Kier molecular flexibility index (Phi) is 2.64. The van der Waals surface area contributed by atoms with Crippen LogP contribution < -0.4 is 0 Å². The van der Waals surface area contributed by atoms with Gasteiger partial charge in [0.1, 0.15) is 0 Å². The van der Waals surface area contributed by atoms with E-state index in [9.17, 15) is 0 Å². The predicted octanol–water partition coefficient (Wildman–Crippen LogP) is 2.59. The van der Waals surface area contributed by atoms with Crippen LogP contribution in [0.1, 0.15) is 39.0 Å². The summed E-state index contributed by atoms with van der Waals surface area (Å²) in [5, 5.41) is 0. The minimum atomic E-state index is 0.927. The maximum atomic E-state index is 3.17. The van der Waals surface area contributed by atoms with Crippen molar-refractivity contribution in [3.05, 3.63) is 0 Å². The molecule has 0 spiro atoms. The fraction of sp³-hybridized carbons (Fsp3) is 0.778. The molecule has 1 aliphatic rings. The summed E-state index contributed by atoms with van der Waals surface area (Å²) in [7, 11) is 0. The first kappa shape index (κ1) is 6.68. The summed E-state index contributed by atoms with van der Waals surface area (Å²) in [6.07, 6.45) is 6.36. The molecule has 50 valence electrons. The van der Waals surface area contributed by atoms with Crippen molar-refractivity contribution in [2.75, 3.05) is 0 Å². The van der Waals surface area contributed by atoms with Gasteiger partial charge in [0.25, 0.3) is 0 Å². The van der Waals surface area contributed by atoms with Crippen molar-refractivity contribution in [3.63, 3.8) is 0 Å². The van der Waals surface area contributed by atoms with Crippen LogP contribution in [-0.2, 0) is 0 Å². The van der Waals surface area contributed by atoms with E-state index in [0.717, 1.165) is 18.8 Å². The van der Waals surface area contributed by atoms with Gasteiger partial charge in [0.15, 0.2) is 0 Å². The van der Waals surface area contributed by atoms with Gasteiger partial charge in [-0.2, -0.15) is 0 Å². The van der Waals surface area contributed by atoms with Gasteiger partial charge in [-0.1, -0.05) is 13.3 Å². The summed E-state index contributed by atoms with van der Waals surface area (Å²) in [4.78, 5) is 0. The maximum absolute atomic E-state index is 3.17. The SMILES string of the molecule is CCCC1CC#CCC1. The molecule has 0 saturated carbocycles. The summed E-state index contributed by atoms with van der Waals surface area (Å²) in [6, 6.07) is 0. The first-order chi connectivity index (χ1) is 4.43. The van der Waals surface area contributed by atoms with E-state index < -0.39 is 0 Å². The van der Waals surface area contributed by atoms with Gasteiger partial charge in [0.2, 0.25) is 0 Å². The Hall–Kier alpha value is -0.440. The van der Waals surface area contributed by atoms with Crippen LogP contribution in [0.4, 0.5) is 0 Å². The third-order valence-corrected chi connectivity index (χ3v) is 1.89. The Labute approximate surface area is 57.7 Å². The topological polar surface area (TPSA) is 0 Å². The second kappa shape index (κ2) is 3.56. The van der Waals surface area contributed by atoms with Crippen LogP contribution in [0.25, 0.3) is 0 Å². The molecule has 0 heterocycles. The Balaban J connectivity index is 2.22. The molecule has 1 rings (SSSR count).